The highest BCUT2D eigenvalue weighted by atomic mass is 16.7. The molecular weight excluding hydrogens is 212 g/mol. The molecule has 0 aliphatic carbocycles. The normalized spacial score (nSPS) is 25.4. The quantitative estimate of drug-likeness (QED) is 0.661. The van der Waals surface area contributed by atoms with Crippen LogP contribution in [0, 0.1) is 5.92 Å². The van der Waals surface area contributed by atoms with E-state index in [1.165, 1.54) is 7.11 Å². The smallest absolute Gasteiger partial charge is 0.310 e. The zero-order valence-electron chi connectivity index (χ0n) is 10.3. The first kappa shape index (κ1) is 13.4. The van der Waals surface area contributed by atoms with Gasteiger partial charge in [0.2, 0.25) is 0 Å². The maximum atomic E-state index is 11.1. The van der Waals surface area contributed by atoms with Gasteiger partial charge in [-0.15, -0.1) is 0 Å². The molecule has 1 saturated heterocycles. The first-order valence-electron chi connectivity index (χ1n) is 5.42. The summed E-state index contributed by atoms with van der Waals surface area (Å²) >= 11 is 0. The second kappa shape index (κ2) is 5.61. The standard InChI is InChI=1S/C11H20O5/c1-8(10(12)13-4)5-14-6-9-7-15-11(2,3)16-9/h8-9H,5-7H2,1-4H3/t8-,9-/m1/s1. The fourth-order valence-electron chi connectivity index (χ4n) is 1.49. The largest absolute Gasteiger partial charge is 0.469 e. The lowest BCUT2D eigenvalue weighted by Gasteiger charge is -2.17. The van der Waals surface area contributed by atoms with E-state index in [9.17, 15) is 4.79 Å². The van der Waals surface area contributed by atoms with Crippen LogP contribution in [0.1, 0.15) is 20.8 Å². The third-order valence-electron chi connectivity index (χ3n) is 2.34. The Morgan fingerprint density at radius 2 is 2.25 bits per heavy atom. The van der Waals surface area contributed by atoms with Gasteiger partial charge in [-0.1, -0.05) is 0 Å². The first-order chi connectivity index (χ1) is 7.44. The van der Waals surface area contributed by atoms with Gasteiger partial charge in [-0.3, -0.25) is 4.79 Å². The van der Waals surface area contributed by atoms with E-state index in [-0.39, 0.29) is 18.0 Å². The molecule has 0 aromatic carbocycles. The maximum Gasteiger partial charge on any atom is 0.310 e. The van der Waals surface area contributed by atoms with Gasteiger partial charge in [-0.05, 0) is 20.8 Å². The van der Waals surface area contributed by atoms with E-state index in [1.54, 1.807) is 6.92 Å². The van der Waals surface area contributed by atoms with Crippen molar-refractivity contribution in [2.24, 2.45) is 5.92 Å². The zero-order chi connectivity index (χ0) is 12.2. The summed E-state index contributed by atoms with van der Waals surface area (Å²) in [5.74, 6) is -1.04. The molecule has 5 heteroatoms. The predicted octanol–water partition coefficient (Wildman–Crippen LogP) is 0.964. The lowest BCUT2D eigenvalue weighted by molar-refractivity contribution is -0.152. The molecule has 0 unspecified atom stereocenters. The van der Waals surface area contributed by atoms with Crippen LogP contribution in [0.25, 0.3) is 0 Å². The molecule has 0 amide bonds. The summed E-state index contributed by atoms with van der Waals surface area (Å²) in [5.41, 5.74) is 0. The molecule has 0 spiro atoms. The number of carbonyl (C=O) groups is 1. The van der Waals surface area contributed by atoms with Crippen LogP contribution in [0.15, 0.2) is 0 Å². The highest BCUT2D eigenvalue weighted by molar-refractivity contribution is 5.71. The van der Waals surface area contributed by atoms with Crippen LogP contribution in [0.5, 0.6) is 0 Å². The number of esters is 1. The van der Waals surface area contributed by atoms with E-state index >= 15 is 0 Å². The molecule has 1 fully saturated rings. The molecular formula is C11H20O5. The van der Waals surface area contributed by atoms with E-state index in [2.05, 4.69) is 4.74 Å². The van der Waals surface area contributed by atoms with Crippen LogP contribution in [0.4, 0.5) is 0 Å². The molecule has 0 bridgehead atoms. The van der Waals surface area contributed by atoms with Gasteiger partial charge in [-0.25, -0.2) is 0 Å². The van der Waals surface area contributed by atoms with E-state index in [0.717, 1.165) is 0 Å². The molecule has 0 N–H and O–H groups in total. The molecule has 1 aliphatic rings. The van der Waals surface area contributed by atoms with Gasteiger partial charge in [-0.2, -0.15) is 0 Å². The fraction of sp³-hybridized carbons (Fsp3) is 0.909. The van der Waals surface area contributed by atoms with E-state index in [4.69, 9.17) is 14.2 Å². The van der Waals surface area contributed by atoms with Gasteiger partial charge >= 0.3 is 5.97 Å². The number of hydrogen-bond acceptors (Lipinski definition) is 5. The molecule has 1 rings (SSSR count). The Morgan fingerprint density at radius 3 is 2.75 bits per heavy atom. The molecule has 1 heterocycles. The molecule has 5 nitrogen and oxygen atoms in total. The van der Waals surface area contributed by atoms with Crippen LogP contribution in [0.3, 0.4) is 0 Å². The minimum absolute atomic E-state index is 0.0557. The molecule has 2 atom stereocenters. The Kier molecular flexibility index (Phi) is 4.70. The van der Waals surface area contributed by atoms with Crippen molar-refractivity contribution in [3.05, 3.63) is 0 Å². The number of ether oxygens (including phenoxy) is 4. The van der Waals surface area contributed by atoms with Gasteiger partial charge in [0, 0.05) is 0 Å². The summed E-state index contributed by atoms with van der Waals surface area (Å²) in [7, 11) is 1.37. The highest BCUT2D eigenvalue weighted by Crippen LogP contribution is 2.22. The van der Waals surface area contributed by atoms with Crippen molar-refractivity contribution in [1.29, 1.82) is 0 Å². The van der Waals surface area contributed by atoms with Gasteiger partial charge in [0.1, 0.15) is 6.10 Å². The van der Waals surface area contributed by atoms with Crippen molar-refractivity contribution in [1.82, 2.24) is 0 Å². The van der Waals surface area contributed by atoms with Crippen LogP contribution >= 0.6 is 0 Å². The lowest BCUT2D eigenvalue weighted by Crippen LogP contribution is -2.26. The third-order valence-corrected chi connectivity index (χ3v) is 2.34. The van der Waals surface area contributed by atoms with E-state index in [0.29, 0.717) is 19.8 Å². The summed E-state index contributed by atoms with van der Waals surface area (Å²) in [5, 5.41) is 0. The Balaban J connectivity index is 2.15. The Morgan fingerprint density at radius 1 is 1.56 bits per heavy atom. The molecule has 16 heavy (non-hydrogen) atoms. The molecule has 1 aliphatic heterocycles. The van der Waals surface area contributed by atoms with Crippen LogP contribution < -0.4 is 0 Å². The summed E-state index contributed by atoms with van der Waals surface area (Å²) in [6, 6.07) is 0. The van der Waals surface area contributed by atoms with Crippen molar-refractivity contribution in [2.75, 3.05) is 26.9 Å². The molecule has 94 valence electrons. The first-order valence-corrected chi connectivity index (χ1v) is 5.42. The summed E-state index contributed by atoms with van der Waals surface area (Å²) < 4.78 is 20.9. The minimum atomic E-state index is -0.526. The summed E-state index contributed by atoms with van der Waals surface area (Å²) in [4.78, 5) is 11.1. The number of carbonyl (C=O) groups excluding carboxylic acids is 1. The highest BCUT2D eigenvalue weighted by Gasteiger charge is 2.32. The molecule has 0 radical (unpaired) electrons. The maximum absolute atomic E-state index is 11.1. The van der Waals surface area contributed by atoms with Gasteiger partial charge in [0.15, 0.2) is 5.79 Å². The minimum Gasteiger partial charge on any atom is -0.469 e. The van der Waals surface area contributed by atoms with Crippen molar-refractivity contribution < 1.29 is 23.7 Å². The molecule has 0 saturated carbocycles. The third kappa shape index (κ3) is 4.08. The van der Waals surface area contributed by atoms with Crippen molar-refractivity contribution >= 4 is 5.97 Å². The SMILES string of the molecule is COC(=O)[C@H](C)COC[C@@H]1COC(C)(C)O1. The van der Waals surface area contributed by atoms with Crippen molar-refractivity contribution in [3.63, 3.8) is 0 Å². The average molecular weight is 232 g/mol. The Hall–Kier alpha value is -0.650. The average Bonchev–Trinajstić information content (AvgIpc) is 2.57. The number of rotatable bonds is 5. The van der Waals surface area contributed by atoms with Crippen LogP contribution in [-0.2, 0) is 23.7 Å². The van der Waals surface area contributed by atoms with Crippen molar-refractivity contribution in [2.45, 2.75) is 32.7 Å². The van der Waals surface area contributed by atoms with Gasteiger partial charge in [0.05, 0.1) is 32.8 Å². The fourth-order valence-corrected chi connectivity index (χ4v) is 1.49. The second-order valence-electron chi connectivity index (χ2n) is 4.41. The molecule has 0 aromatic rings. The van der Waals surface area contributed by atoms with E-state index in [1.807, 2.05) is 13.8 Å². The van der Waals surface area contributed by atoms with Gasteiger partial charge < -0.3 is 18.9 Å². The van der Waals surface area contributed by atoms with E-state index < -0.39 is 5.79 Å². The molecule has 0 aromatic heterocycles. The van der Waals surface area contributed by atoms with Gasteiger partial charge in [0.25, 0.3) is 0 Å². The monoisotopic (exact) mass is 232 g/mol. The predicted molar refractivity (Wildman–Crippen MR) is 56.9 cm³/mol. The summed E-state index contributed by atoms with van der Waals surface area (Å²) in [6.07, 6.45) is -0.0557. The topological polar surface area (TPSA) is 54.0 Å². The van der Waals surface area contributed by atoms with Crippen molar-refractivity contribution in [3.8, 4) is 0 Å². The Labute approximate surface area is 96.0 Å². The van der Waals surface area contributed by atoms with Crippen LogP contribution in [0.2, 0.25) is 0 Å². The Bertz CT molecular complexity index is 239. The lowest BCUT2D eigenvalue weighted by atomic mass is 10.2. The summed E-state index contributed by atoms with van der Waals surface area (Å²) in [6.45, 7) is 6.80. The van der Waals surface area contributed by atoms with Crippen LogP contribution in [-0.4, -0.2) is 44.8 Å². The number of hydrogen-bond donors (Lipinski definition) is 0. The second-order valence-corrected chi connectivity index (χ2v) is 4.41. The zero-order valence-corrected chi connectivity index (χ0v) is 10.3. The number of methoxy groups -OCH3 is 1.